The summed E-state index contributed by atoms with van der Waals surface area (Å²) in [6, 6.07) is 1.53. The third-order valence-electron chi connectivity index (χ3n) is 3.60. The maximum atomic E-state index is 12.4. The van der Waals surface area contributed by atoms with Crippen molar-refractivity contribution in [1.82, 2.24) is 9.88 Å². The molecule has 0 bridgehead atoms. The number of nitrogens with zero attached hydrogens (tertiary/aromatic N) is 2. The molecule has 1 unspecified atom stereocenters. The Hall–Kier alpha value is -2.32. The molecule has 3 N–H and O–H groups in total. The Morgan fingerprint density at radius 1 is 1.39 bits per heavy atom. The van der Waals surface area contributed by atoms with E-state index in [1.807, 2.05) is 0 Å². The molecule has 0 aliphatic carbocycles. The van der Waals surface area contributed by atoms with E-state index >= 15 is 0 Å². The molecule has 6 nitrogen and oxygen atoms in total. The van der Waals surface area contributed by atoms with Crippen molar-refractivity contribution in [3.8, 4) is 0 Å². The van der Waals surface area contributed by atoms with E-state index in [0.717, 1.165) is 31.2 Å². The molecule has 1 saturated heterocycles. The molecule has 1 aliphatic rings. The summed E-state index contributed by atoms with van der Waals surface area (Å²) in [4.78, 5) is 27.9. The van der Waals surface area contributed by atoms with Gasteiger partial charge in [0.25, 0.3) is 0 Å². The number of likely N-dealkylation sites (tertiary alicyclic amines) is 1. The van der Waals surface area contributed by atoms with Gasteiger partial charge >= 0.3 is 12.2 Å². The third kappa shape index (κ3) is 4.83. The van der Waals surface area contributed by atoms with Crippen LogP contribution in [0.3, 0.4) is 0 Å². The SMILES string of the molecule is NC(=O)CC1CCCN(C(=O)Nc2ccc(C(F)(F)F)nc2)C1. The van der Waals surface area contributed by atoms with Crippen molar-refractivity contribution in [2.45, 2.75) is 25.4 Å². The molecule has 126 valence electrons. The fraction of sp³-hybridized carbons (Fsp3) is 0.500. The third-order valence-corrected chi connectivity index (χ3v) is 3.60. The zero-order valence-corrected chi connectivity index (χ0v) is 12.3. The quantitative estimate of drug-likeness (QED) is 0.890. The zero-order chi connectivity index (χ0) is 17.0. The van der Waals surface area contributed by atoms with Crippen LogP contribution in [0.25, 0.3) is 0 Å². The van der Waals surface area contributed by atoms with Crippen LogP contribution >= 0.6 is 0 Å². The number of urea groups is 1. The van der Waals surface area contributed by atoms with Crippen LogP contribution in [0.15, 0.2) is 18.3 Å². The summed E-state index contributed by atoms with van der Waals surface area (Å²) in [6.45, 7) is 0.915. The molecule has 3 amide bonds. The first kappa shape index (κ1) is 17.0. The molecule has 0 aromatic carbocycles. The number of pyridine rings is 1. The van der Waals surface area contributed by atoms with E-state index in [2.05, 4.69) is 10.3 Å². The molecule has 23 heavy (non-hydrogen) atoms. The minimum Gasteiger partial charge on any atom is -0.370 e. The van der Waals surface area contributed by atoms with E-state index in [1.54, 1.807) is 0 Å². The van der Waals surface area contributed by atoms with E-state index in [4.69, 9.17) is 5.73 Å². The van der Waals surface area contributed by atoms with Crippen LogP contribution in [0.2, 0.25) is 0 Å². The Bertz CT molecular complexity index is 574. The van der Waals surface area contributed by atoms with Crippen LogP contribution < -0.4 is 11.1 Å². The normalized spacial score (nSPS) is 18.6. The Labute approximate surface area is 130 Å². The van der Waals surface area contributed by atoms with Crippen LogP contribution in [-0.2, 0) is 11.0 Å². The highest BCUT2D eigenvalue weighted by atomic mass is 19.4. The highest BCUT2D eigenvalue weighted by Gasteiger charge is 2.32. The molecule has 0 spiro atoms. The van der Waals surface area contributed by atoms with E-state index in [-0.39, 0.29) is 18.0 Å². The number of piperidine rings is 1. The number of aromatic nitrogens is 1. The van der Waals surface area contributed by atoms with Crippen molar-refractivity contribution in [2.75, 3.05) is 18.4 Å². The second-order valence-corrected chi connectivity index (χ2v) is 5.48. The van der Waals surface area contributed by atoms with Gasteiger partial charge in [-0.05, 0) is 30.9 Å². The molecule has 9 heteroatoms. The van der Waals surface area contributed by atoms with Crippen LogP contribution in [-0.4, -0.2) is 34.9 Å². The summed E-state index contributed by atoms with van der Waals surface area (Å²) in [5, 5.41) is 2.51. The van der Waals surface area contributed by atoms with Crippen molar-refractivity contribution < 1.29 is 22.8 Å². The Morgan fingerprint density at radius 3 is 2.70 bits per heavy atom. The number of hydrogen-bond donors (Lipinski definition) is 2. The summed E-state index contributed by atoms with van der Waals surface area (Å²) in [7, 11) is 0. The lowest BCUT2D eigenvalue weighted by molar-refractivity contribution is -0.141. The van der Waals surface area contributed by atoms with E-state index in [9.17, 15) is 22.8 Å². The van der Waals surface area contributed by atoms with Crippen LogP contribution in [0.4, 0.5) is 23.7 Å². The number of primary amides is 1. The fourth-order valence-corrected chi connectivity index (χ4v) is 2.54. The molecule has 2 heterocycles. The largest absolute Gasteiger partial charge is 0.433 e. The van der Waals surface area contributed by atoms with E-state index in [0.29, 0.717) is 13.1 Å². The molecule has 1 atom stereocenters. The first-order chi connectivity index (χ1) is 10.8. The Morgan fingerprint density at radius 2 is 2.13 bits per heavy atom. The molecule has 2 rings (SSSR count). The lowest BCUT2D eigenvalue weighted by atomic mass is 9.95. The number of nitrogens with one attached hydrogen (secondary N) is 1. The zero-order valence-electron chi connectivity index (χ0n) is 12.3. The Balaban J connectivity index is 1.94. The summed E-state index contributed by atoms with van der Waals surface area (Å²) in [5.74, 6) is -0.401. The van der Waals surface area contributed by atoms with Gasteiger partial charge in [0.15, 0.2) is 0 Å². The molecule has 1 aromatic rings. The number of amides is 3. The standard InChI is InChI=1S/C14H17F3N4O2/c15-14(16,17)11-4-3-10(7-19-11)20-13(23)21-5-1-2-9(8-21)6-12(18)22/h3-4,7,9H,1-2,5-6,8H2,(H2,18,22)(H,20,23). The summed E-state index contributed by atoms with van der Waals surface area (Å²) >= 11 is 0. The maximum Gasteiger partial charge on any atom is 0.433 e. The summed E-state index contributed by atoms with van der Waals surface area (Å²) < 4.78 is 37.3. The number of halogens is 3. The average molecular weight is 330 g/mol. The van der Waals surface area contributed by atoms with Gasteiger partial charge in [0.2, 0.25) is 5.91 Å². The minimum atomic E-state index is -4.52. The Kier molecular flexibility index (Phi) is 5.07. The van der Waals surface area contributed by atoms with Gasteiger partial charge in [-0.2, -0.15) is 13.2 Å². The van der Waals surface area contributed by atoms with Crippen molar-refractivity contribution in [2.24, 2.45) is 11.7 Å². The first-order valence-corrected chi connectivity index (χ1v) is 7.13. The molecule has 1 fully saturated rings. The molecular formula is C14H17F3N4O2. The molecular weight excluding hydrogens is 313 g/mol. The summed E-state index contributed by atoms with van der Waals surface area (Å²) in [5.41, 5.74) is 4.32. The van der Waals surface area contributed by atoms with Gasteiger partial charge in [-0.3, -0.25) is 4.79 Å². The molecule has 0 radical (unpaired) electrons. The van der Waals surface area contributed by atoms with Crippen molar-refractivity contribution in [1.29, 1.82) is 0 Å². The number of rotatable bonds is 3. The number of hydrogen-bond acceptors (Lipinski definition) is 3. The van der Waals surface area contributed by atoms with Crippen molar-refractivity contribution in [3.63, 3.8) is 0 Å². The van der Waals surface area contributed by atoms with E-state index in [1.165, 1.54) is 4.90 Å². The van der Waals surface area contributed by atoms with Crippen LogP contribution in [0, 0.1) is 5.92 Å². The topological polar surface area (TPSA) is 88.3 Å². The van der Waals surface area contributed by atoms with Gasteiger partial charge in [-0.25, -0.2) is 9.78 Å². The van der Waals surface area contributed by atoms with Crippen LogP contribution in [0.1, 0.15) is 25.0 Å². The number of carbonyl (C=O) groups is 2. The van der Waals surface area contributed by atoms with Gasteiger partial charge in [-0.15, -0.1) is 0 Å². The van der Waals surface area contributed by atoms with E-state index < -0.39 is 23.8 Å². The second kappa shape index (κ2) is 6.84. The monoisotopic (exact) mass is 330 g/mol. The predicted molar refractivity (Wildman–Crippen MR) is 76.4 cm³/mol. The minimum absolute atomic E-state index is 0.0118. The predicted octanol–water partition coefficient (Wildman–Crippen LogP) is 2.22. The summed E-state index contributed by atoms with van der Waals surface area (Å²) in [6.07, 6.45) is -1.78. The van der Waals surface area contributed by atoms with Crippen LogP contribution in [0.5, 0.6) is 0 Å². The number of carbonyl (C=O) groups excluding carboxylic acids is 2. The fourth-order valence-electron chi connectivity index (χ4n) is 2.54. The van der Waals surface area contributed by atoms with Crippen molar-refractivity contribution >= 4 is 17.6 Å². The second-order valence-electron chi connectivity index (χ2n) is 5.48. The molecule has 1 aliphatic heterocycles. The molecule has 1 aromatic heterocycles. The van der Waals surface area contributed by atoms with Gasteiger partial charge in [0.05, 0.1) is 11.9 Å². The number of alkyl halides is 3. The van der Waals surface area contributed by atoms with Gasteiger partial charge in [0.1, 0.15) is 5.69 Å². The molecule has 0 saturated carbocycles. The van der Waals surface area contributed by atoms with Gasteiger partial charge in [0, 0.05) is 19.5 Å². The number of nitrogens with two attached hydrogens (primary N) is 1. The average Bonchev–Trinajstić information content (AvgIpc) is 2.46. The lowest BCUT2D eigenvalue weighted by Gasteiger charge is -2.32. The smallest absolute Gasteiger partial charge is 0.370 e. The highest BCUT2D eigenvalue weighted by Crippen LogP contribution is 2.28. The van der Waals surface area contributed by atoms with Gasteiger partial charge in [-0.1, -0.05) is 0 Å². The first-order valence-electron chi connectivity index (χ1n) is 7.13. The lowest BCUT2D eigenvalue weighted by Crippen LogP contribution is -2.43. The number of anilines is 1. The maximum absolute atomic E-state index is 12.4. The van der Waals surface area contributed by atoms with Crippen molar-refractivity contribution in [3.05, 3.63) is 24.0 Å². The van der Waals surface area contributed by atoms with Gasteiger partial charge < -0.3 is 16.0 Å². The highest BCUT2D eigenvalue weighted by molar-refractivity contribution is 5.89.